The van der Waals surface area contributed by atoms with E-state index in [4.69, 9.17) is 13.6 Å². The van der Waals surface area contributed by atoms with Gasteiger partial charge in [0.1, 0.15) is 0 Å². The van der Waals surface area contributed by atoms with Crippen molar-refractivity contribution in [2.75, 3.05) is 0 Å². The SMILES string of the molecule is O=P(OCc1cccnc1)(OCc1cccnc1)OCc1cccnc1. The summed E-state index contributed by atoms with van der Waals surface area (Å²) < 4.78 is 29.5. The van der Waals surface area contributed by atoms with Gasteiger partial charge in [0, 0.05) is 37.2 Å². The molecule has 0 atom stereocenters. The fourth-order valence-corrected chi connectivity index (χ4v) is 3.17. The standard InChI is InChI=1S/C18H18N3O4P/c22-26(23-13-16-4-1-7-19-10-16,24-14-17-5-2-8-20-11-17)25-15-18-6-3-9-21-12-18/h1-12H,13-15H2. The van der Waals surface area contributed by atoms with Crippen LogP contribution in [0.5, 0.6) is 0 Å². The molecule has 8 heteroatoms. The average Bonchev–Trinajstić information content (AvgIpc) is 2.72. The lowest BCUT2D eigenvalue weighted by molar-refractivity contribution is 0.0976. The minimum atomic E-state index is -3.80. The molecule has 3 aromatic rings. The molecule has 0 aliphatic heterocycles. The smallest absolute Gasteiger partial charge is 0.282 e. The first-order valence-electron chi connectivity index (χ1n) is 7.94. The molecule has 0 amide bonds. The summed E-state index contributed by atoms with van der Waals surface area (Å²) in [7, 11) is -3.80. The second kappa shape index (κ2) is 9.31. The zero-order chi connectivity index (χ0) is 18.1. The van der Waals surface area contributed by atoms with Crippen molar-refractivity contribution >= 4 is 7.82 Å². The van der Waals surface area contributed by atoms with E-state index < -0.39 is 7.82 Å². The van der Waals surface area contributed by atoms with Crippen LogP contribution in [0.1, 0.15) is 16.7 Å². The number of pyridine rings is 3. The molecule has 26 heavy (non-hydrogen) atoms. The number of rotatable bonds is 9. The van der Waals surface area contributed by atoms with Crippen LogP contribution < -0.4 is 0 Å². The number of phosphoric acid groups is 1. The largest absolute Gasteiger partial charge is 0.475 e. The van der Waals surface area contributed by atoms with Gasteiger partial charge in [0.15, 0.2) is 0 Å². The molecule has 0 bridgehead atoms. The molecule has 0 N–H and O–H groups in total. The Bertz CT molecular complexity index is 722. The molecule has 0 fully saturated rings. The first kappa shape index (κ1) is 18.4. The van der Waals surface area contributed by atoms with Gasteiger partial charge in [0.05, 0.1) is 19.8 Å². The van der Waals surface area contributed by atoms with E-state index in [2.05, 4.69) is 15.0 Å². The fraction of sp³-hybridized carbons (Fsp3) is 0.167. The molecule has 0 aromatic carbocycles. The van der Waals surface area contributed by atoms with Gasteiger partial charge in [-0.1, -0.05) is 18.2 Å². The van der Waals surface area contributed by atoms with Crippen molar-refractivity contribution in [1.82, 2.24) is 15.0 Å². The maximum atomic E-state index is 13.0. The van der Waals surface area contributed by atoms with Crippen molar-refractivity contribution in [3.63, 3.8) is 0 Å². The van der Waals surface area contributed by atoms with E-state index in [0.29, 0.717) is 0 Å². The van der Waals surface area contributed by atoms with Crippen molar-refractivity contribution in [2.24, 2.45) is 0 Å². The van der Waals surface area contributed by atoms with Gasteiger partial charge in [0.2, 0.25) is 0 Å². The van der Waals surface area contributed by atoms with E-state index in [-0.39, 0.29) is 19.8 Å². The van der Waals surface area contributed by atoms with Crippen molar-refractivity contribution in [2.45, 2.75) is 19.8 Å². The third-order valence-electron chi connectivity index (χ3n) is 3.34. The average molecular weight is 371 g/mol. The molecular formula is C18H18N3O4P. The number of phosphoric ester groups is 1. The lowest BCUT2D eigenvalue weighted by atomic mass is 10.3. The predicted molar refractivity (Wildman–Crippen MR) is 94.7 cm³/mol. The number of hydrogen-bond acceptors (Lipinski definition) is 7. The molecule has 3 heterocycles. The Hall–Kier alpha value is -2.44. The first-order chi connectivity index (χ1) is 12.7. The third kappa shape index (κ3) is 5.82. The summed E-state index contributed by atoms with van der Waals surface area (Å²) >= 11 is 0. The Morgan fingerprint density at radius 2 is 1.00 bits per heavy atom. The number of aromatic nitrogens is 3. The van der Waals surface area contributed by atoms with Crippen LogP contribution in [0.4, 0.5) is 0 Å². The van der Waals surface area contributed by atoms with Gasteiger partial charge in [-0.2, -0.15) is 0 Å². The minimum absolute atomic E-state index is 0.0607. The van der Waals surface area contributed by atoms with Gasteiger partial charge in [-0.15, -0.1) is 0 Å². The normalized spacial score (nSPS) is 11.4. The summed E-state index contributed by atoms with van der Waals surface area (Å²) in [6.45, 7) is 0.182. The molecule has 7 nitrogen and oxygen atoms in total. The Morgan fingerprint density at radius 3 is 1.27 bits per heavy atom. The van der Waals surface area contributed by atoms with Crippen molar-refractivity contribution in [3.8, 4) is 0 Å². The summed E-state index contributed by atoms with van der Waals surface area (Å²) in [5.41, 5.74) is 2.30. The quantitative estimate of drug-likeness (QED) is 0.527. The van der Waals surface area contributed by atoms with Crippen LogP contribution in [0.25, 0.3) is 0 Å². The molecular weight excluding hydrogens is 353 g/mol. The first-order valence-corrected chi connectivity index (χ1v) is 9.40. The molecule has 0 spiro atoms. The van der Waals surface area contributed by atoms with E-state index in [0.717, 1.165) is 16.7 Å². The zero-order valence-electron chi connectivity index (χ0n) is 14.0. The summed E-state index contributed by atoms with van der Waals surface area (Å²) in [5, 5.41) is 0. The topological polar surface area (TPSA) is 83.4 Å². The second-order valence-corrected chi connectivity index (χ2v) is 7.02. The van der Waals surface area contributed by atoms with Crippen molar-refractivity contribution in [1.29, 1.82) is 0 Å². The molecule has 0 unspecified atom stereocenters. The van der Waals surface area contributed by atoms with Gasteiger partial charge >= 0.3 is 7.82 Å². The highest BCUT2D eigenvalue weighted by molar-refractivity contribution is 7.48. The maximum absolute atomic E-state index is 13.0. The van der Waals surface area contributed by atoms with Crippen LogP contribution in [0.15, 0.2) is 73.6 Å². The molecule has 3 aromatic heterocycles. The molecule has 0 radical (unpaired) electrons. The Morgan fingerprint density at radius 1 is 0.654 bits per heavy atom. The highest BCUT2D eigenvalue weighted by Gasteiger charge is 2.27. The number of hydrogen-bond donors (Lipinski definition) is 0. The van der Waals surface area contributed by atoms with Gasteiger partial charge in [-0.25, -0.2) is 4.57 Å². The van der Waals surface area contributed by atoms with Crippen LogP contribution in [0.2, 0.25) is 0 Å². The Kier molecular flexibility index (Phi) is 6.57. The summed E-state index contributed by atoms with van der Waals surface area (Å²) in [4.78, 5) is 12.0. The van der Waals surface area contributed by atoms with Gasteiger partial charge in [-0.05, 0) is 34.9 Å². The molecule has 3 rings (SSSR count). The van der Waals surface area contributed by atoms with Crippen LogP contribution >= 0.6 is 7.82 Å². The summed E-state index contributed by atoms with van der Waals surface area (Å²) in [6.07, 6.45) is 9.86. The van der Waals surface area contributed by atoms with Gasteiger partial charge < -0.3 is 0 Å². The van der Waals surface area contributed by atoms with Crippen LogP contribution in [-0.2, 0) is 38.0 Å². The van der Waals surface area contributed by atoms with Gasteiger partial charge in [-0.3, -0.25) is 28.5 Å². The number of nitrogens with zero attached hydrogens (tertiary/aromatic N) is 3. The lowest BCUT2D eigenvalue weighted by Gasteiger charge is -2.18. The Labute approximate surface area is 151 Å². The highest BCUT2D eigenvalue weighted by Crippen LogP contribution is 2.51. The van der Waals surface area contributed by atoms with E-state index in [9.17, 15) is 4.57 Å². The van der Waals surface area contributed by atoms with Gasteiger partial charge in [0.25, 0.3) is 0 Å². The molecule has 0 aliphatic carbocycles. The summed E-state index contributed by atoms with van der Waals surface area (Å²) in [6, 6.07) is 10.8. The predicted octanol–water partition coefficient (Wildman–Crippen LogP) is 3.93. The highest BCUT2D eigenvalue weighted by atomic mass is 31.2. The van der Waals surface area contributed by atoms with Crippen LogP contribution in [0, 0.1) is 0 Å². The zero-order valence-corrected chi connectivity index (χ0v) is 14.9. The molecule has 0 saturated heterocycles. The lowest BCUT2D eigenvalue weighted by Crippen LogP contribution is -2.02. The molecule has 0 aliphatic rings. The van der Waals surface area contributed by atoms with E-state index in [1.165, 1.54) is 0 Å². The van der Waals surface area contributed by atoms with Crippen molar-refractivity contribution < 1.29 is 18.1 Å². The van der Waals surface area contributed by atoms with E-state index in [1.54, 1.807) is 55.4 Å². The monoisotopic (exact) mass is 371 g/mol. The van der Waals surface area contributed by atoms with E-state index in [1.807, 2.05) is 18.2 Å². The van der Waals surface area contributed by atoms with Crippen LogP contribution in [-0.4, -0.2) is 15.0 Å². The minimum Gasteiger partial charge on any atom is -0.282 e. The summed E-state index contributed by atoms with van der Waals surface area (Å²) in [5.74, 6) is 0. The fourth-order valence-electron chi connectivity index (χ4n) is 2.02. The van der Waals surface area contributed by atoms with Crippen molar-refractivity contribution in [3.05, 3.63) is 90.3 Å². The third-order valence-corrected chi connectivity index (χ3v) is 4.67. The molecule has 134 valence electrons. The second-order valence-electron chi connectivity index (χ2n) is 5.35. The van der Waals surface area contributed by atoms with Crippen LogP contribution in [0.3, 0.4) is 0 Å². The maximum Gasteiger partial charge on any atom is 0.475 e. The Balaban J connectivity index is 1.65. The van der Waals surface area contributed by atoms with E-state index >= 15 is 0 Å². The molecule has 0 saturated carbocycles.